The van der Waals surface area contributed by atoms with Crippen molar-refractivity contribution in [2.24, 2.45) is 5.41 Å². The monoisotopic (exact) mass is 215 g/mol. The normalized spacial score (nSPS) is 26.6. The van der Waals surface area contributed by atoms with Crippen LogP contribution in [-0.4, -0.2) is 30.6 Å². The van der Waals surface area contributed by atoms with Gasteiger partial charge in [0, 0.05) is 0 Å². The molecule has 0 saturated heterocycles. The molecule has 2 aliphatic carbocycles. The van der Waals surface area contributed by atoms with E-state index in [9.17, 15) is 8.42 Å². The van der Waals surface area contributed by atoms with Crippen LogP contribution in [0.3, 0.4) is 0 Å². The zero-order valence-corrected chi connectivity index (χ0v) is 8.68. The molecule has 0 aromatic carbocycles. The van der Waals surface area contributed by atoms with Crippen LogP contribution in [0.1, 0.15) is 25.7 Å². The first-order valence-electron chi connectivity index (χ1n) is 4.74. The van der Waals surface area contributed by atoms with Gasteiger partial charge in [0.15, 0.2) is 9.84 Å². The van der Waals surface area contributed by atoms with Crippen LogP contribution in [0.4, 0.5) is 0 Å². The summed E-state index contributed by atoms with van der Waals surface area (Å²) < 4.78 is 22.8. The predicted molar refractivity (Wildman–Crippen MR) is 50.1 cm³/mol. The zero-order chi connectivity index (χ0) is 10.4. The molecular weight excluding hydrogens is 202 g/mol. The van der Waals surface area contributed by atoms with E-state index in [4.69, 9.17) is 10.4 Å². The number of aliphatic hydroxyl groups is 1. The highest BCUT2D eigenvalue weighted by Gasteiger charge is 2.58. The fourth-order valence-corrected chi connectivity index (χ4v) is 3.97. The number of rotatable bonds is 4. The summed E-state index contributed by atoms with van der Waals surface area (Å²) in [4.78, 5) is 0. The minimum absolute atomic E-state index is 0.0585. The summed E-state index contributed by atoms with van der Waals surface area (Å²) in [5.74, 6) is -0.0585. The van der Waals surface area contributed by atoms with Crippen molar-refractivity contribution in [2.45, 2.75) is 30.4 Å². The molecule has 0 unspecified atom stereocenters. The molecule has 0 radical (unpaired) electrons. The Morgan fingerprint density at radius 2 is 1.86 bits per heavy atom. The lowest BCUT2D eigenvalue weighted by Crippen LogP contribution is -2.32. The van der Waals surface area contributed by atoms with Crippen LogP contribution in [0, 0.1) is 16.7 Å². The van der Waals surface area contributed by atoms with Crippen molar-refractivity contribution in [3.8, 4) is 6.07 Å². The molecule has 0 bridgehead atoms. The molecule has 1 N–H and O–H groups in total. The number of aliphatic hydroxyl groups excluding tert-OH is 1. The minimum atomic E-state index is -3.28. The summed E-state index contributed by atoms with van der Waals surface area (Å²) in [6, 6.07) is 2.07. The number of nitriles is 1. The van der Waals surface area contributed by atoms with Crippen LogP contribution < -0.4 is 0 Å². The fourth-order valence-electron chi connectivity index (χ4n) is 1.66. The Hall–Kier alpha value is -0.600. The molecule has 0 heterocycles. The van der Waals surface area contributed by atoms with Crippen molar-refractivity contribution in [3.63, 3.8) is 0 Å². The van der Waals surface area contributed by atoms with E-state index in [-0.39, 0.29) is 12.4 Å². The highest BCUT2D eigenvalue weighted by Crippen LogP contribution is 2.51. The van der Waals surface area contributed by atoms with Crippen LogP contribution in [-0.2, 0) is 9.84 Å². The van der Waals surface area contributed by atoms with E-state index >= 15 is 0 Å². The van der Waals surface area contributed by atoms with Crippen molar-refractivity contribution >= 4 is 9.84 Å². The van der Waals surface area contributed by atoms with E-state index in [0.29, 0.717) is 25.7 Å². The highest BCUT2D eigenvalue weighted by atomic mass is 32.2. The number of hydrogen-bond acceptors (Lipinski definition) is 4. The Morgan fingerprint density at radius 1 is 1.29 bits per heavy atom. The van der Waals surface area contributed by atoms with Crippen LogP contribution in [0.25, 0.3) is 0 Å². The topological polar surface area (TPSA) is 78.2 Å². The molecule has 2 fully saturated rings. The summed E-state index contributed by atoms with van der Waals surface area (Å²) in [7, 11) is -3.28. The third kappa shape index (κ3) is 1.33. The second-order valence-electron chi connectivity index (χ2n) is 4.49. The molecule has 2 aliphatic rings. The Morgan fingerprint density at radius 3 is 2.14 bits per heavy atom. The standard InChI is InChI=1S/C9H13NO3S/c10-5-8(1-2-8)7-14(12,13)9(6-11)3-4-9/h11H,1-4,6-7H2. The lowest BCUT2D eigenvalue weighted by Gasteiger charge is -2.14. The minimum Gasteiger partial charge on any atom is -0.395 e. The van der Waals surface area contributed by atoms with Crippen molar-refractivity contribution in [1.82, 2.24) is 0 Å². The summed E-state index contributed by atoms with van der Waals surface area (Å²) in [6.07, 6.45) is 2.47. The van der Waals surface area contributed by atoms with Crippen molar-refractivity contribution in [1.29, 1.82) is 5.26 Å². The molecule has 0 atom stereocenters. The van der Waals surface area contributed by atoms with Gasteiger partial charge >= 0.3 is 0 Å². The van der Waals surface area contributed by atoms with Crippen LogP contribution in [0.15, 0.2) is 0 Å². The van der Waals surface area contributed by atoms with E-state index in [2.05, 4.69) is 6.07 Å². The fraction of sp³-hybridized carbons (Fsp3) is 0.889. The Kier molecular flexibility index (Phi) is 1.92. The summed E-state index contributed by atoms with van der Waals surface area (Å²) in [6.45, 7) is -0.295. The van der Waals surface area contributed by atoms with Gasteiger partial charge in [0.1, 0.15) is 0 Å². The maximum Gasteiger partial charge on any atom is 0.159 e. The molecule has 2 rings (SSSR count). The smallest absolute Gasteiger partial charge is 0.159 e. The first-order chi connectivity index (χ1) is 6.49. The Bertz CT molecular complexity index is 385. The average Bonchev–Trinajstić information content (AvgIpc) is 2.99. The van der Waals surface area contributed by atoms with E-state index in [1.165, 1.54) is 0 Å². The summed E-state index contributed by atoms with van der Waals surface area (Å²) in [5, 5.41) is 17.8. The number of sulfone groups is 1. The SMILES string of the molecule is N#CC1(CS(=O)(=O)C2(CO)CC2)CC1. The quantitative estimate of drug-likeness (QED) is 0.728. The molecule has 0 aliphatic heterocycles. The van der Waals surface area contributed by atoms with E-state index < -0.39 is 20.0 Å². The molecule has 14 heavy (non-hydrogen) atoms. The van der Waals surface area contributed by atoms with Crippen LogP contribution >= 0.6 is 0 Å². The maximum absolute atomic E-state index is 11.8. The zero-order valence-electron chi connectivity index (χ0n) is 7.86. The molecule has 4 nitrogen and oxygen atoms in total. The second kappa shape index (κ2) is 2.71. The molecule has 2 saturated carbocycles. The molecule has 5 heteroatoms. The largest absolute Gasteiger partial charge is 0.395 e. The van der Waals surface area contributed by atoms with Gasteiger partial charge in [-0.3, -0.25) is 0 Å². The van der Waals surface area contributed by atoms with Crippen LogP contribution in [0.5, 0.6) is 0 Å². The van der Waals surface area contributed by atoms with Gasteiger partial charge in [-0.25, -0.2) is 8.42 Å². The first-order valence-corrected chi connectivity index (χ1v) is 6.39. The highest BCUT2D eigenvalue weighted by molar-refractivity contribution is 7.93. The predicted octanol–water partition coefficient (Wildman–Crippen LogP) is 0.230. The third-order valence-corrected chi connectivity index (χ3v) is 6.10. The number of hydrogen-bond donors (Lipinski definition) is 1. The van der Waals surface area contributed by atoms with Gasteiger partial charge in [-0.1, -0.05) is 0 Å². The lowest BCUT2D eigenvalue weighted by atomic mass is 10.2. The van der Waals surface area contributed by atoms with Gasteiger partial charge in [0.05, 0.1) is 28.6 Å². The van der Waals surface area contributed by atoms with Gasteiger partial charge < -0.3 is 5.11 Å². The van der Waals surface area contributed by atoms with Gasteiger partial charge in [0.25, 0.3) is 0 Å². The second-order valence-corrected chi connectivity index (χ2v) is 6.88. The third-order valence-electron chi connectivity index (χ3n) is 3.31. The Balaban J connectivity index is 2.15. The van der Waals surface area contributed by atoms with Gasteiger partial charge in [-0.05, 0) is 25.7 Å². The Labute approximate surface area is 83.5 Å². The van der Waals surface area contributed by atoms with Gasteiger partial charge in [0.2, 0.25) is 0 Å². The molecule has 0 aromatic rings. The van der Waals surface area contributed by atoms with E-state index in [0.717, 1.165) is 0 Å². The van der Waals surface area contributed by atoms with Crippen molar-refractivity contribution in [2.75, 3.05) is 12.4 Å². The van der Waals surface area contributed by atoms with Crippen LogP contribution in [0.2, 0.25) is 0 Å². The van der Waals surface area contributed by atoms with E-state index in [1.807, 2.05) is 0 Å². The average molecular weight is 215 g/mol. The summed E-state index contributed by atoms with van der Waals surface area (Å²) in [5.41, 5.74) is -0.621. The first kappa shape index (κ1) is 9.94. The molecule has 0 amide bonds. The molecule has 0 spiro atoms. The van der Waals surface area contributed by atoms with E-state index in [1.54, 1.807) is 0 Å². The number of nitrogens with zero attached hydrogens (tertiary/aromatic N) is 1. The molecule has 0 aromatic heterocycles. The van der Waals surface area contributed by atoms with Gasteiger partial charge in [-0.2, -0.15) is 5.26 Å². The van der Waals surface area contributed by atoms with Crippen molar-refractivity contribution in [3.05, 3.63) is 0 Å². The van der Waals surface area contributed by atoms with Crippen molar-refractivity contribution < 1.29 is 13.5 Å². The van der Waals surface area contributed by atoms with Gasteiger partial charge in [-0.15, -0.1) is 0 Å². The molecular formula is C9H13NO3S. The maximum atomic E-state index is 11.8. The summed E-state index contributed by atoms with van der Waals surface area (Å²) >= 11 is 0. The lowest BCUT2D eigenvalue weighted by molar-refractivity contribution is 0.283. The molecule has 78 valence electrons.